The number of fused-ring (bicyclic) bond motifs is 1. The second-order valence-electron chi connectivity index (χ2n) is 5.08. The third-order valence-corrected chi connectivity index (χ3v) is 3.56. The van der Waals surface area contributed by atoms with E-state index in [2.05, 4.69) is 22.4 Å². The van der Waals surface area contributed by atoms with E-state index in [4.69, 9.17) is 5.11 Å². The van der Waals surface area contributed by atoms with Crippen molar-refractivity contribution in [1.82, 2.24) is 4.98 Å². The number of aromatic nitrogens is 1. The number of carbonyl (C=O) groups is 1. The molecule has 22 heavy (non-hydrogen) atoms. The largest absolute Gasteiger partial charge is 0.480 e. The molecule has 1 heterocycles. The number of aryl methyl sites for hydroxylation is 1. The lowest BCUT2D eigenvalue weighted by Gasteiger charge is -2.14. The van der Waals surface area contributed by atoms with Crippen LogP contribution in [0.15, 0.2) is 54.6 Å². The van der Waals surface area contributed by atoms with Gasteiger partial charge in [0.25, 0.3) is 0 Å². The second kappa shape index (κ2) is 5.85. The van der Waals surface area contributed by atoms with E-state index in [1.807, 2.05) is 49.4 Å². The molecule has 0 amide bonds. The van der Waals surface area contributed by atoms with Crippen molar-refractivity contribution in [2.24, 2.45) is 0 Å². The summed E-state index contributed by atoms with van der Waals surface area (Å²) in [5, 5.41) is 13.7. The SMILES string of the molecule is Cc1nc(NCC(=O)O)c2ccccc2c1-c1ccccc1. The van der Waals surface area contributed by atoms with Crippen LogP contribution in [0.3, 0.4) is 0 Å². The predicted octanol–water partition coefficient (Wildman–Crippen LogP) is 3.71. The van der Waals surface area contributed by atoms with E-state index in [1.54, 1.807) is 0 Å². The maximum Gasteiger partial charge on any atom is 0.322 e. The van der Waals surface area contributed by atoms with Gasteiger partial charge >= 0.3 is 5.97 Å². The lowest BCUT2D eigenvalue weighted by atomic mass is 9.97. The van der Waals surface area contributed by atoms with Gasteiger partial charge in [-0.1, -0.05) is 54.6 Å². The number of aliphatic carboxylic acids is 1. The average molecular weight is 292 g/mol. The monoisotopic (exact) mass is 292 g/mol. The van der Waals surface area contributed by atoms with Crippen molar-refractivity contribution in [3.63, 3.8) is 0 Å². The van der Waals surface area contributed by atoms with Gasteiger partial charge in [0.15, 0.2) is 0 Å². The molecule has 3 rings (SSSR count). The summed E-state index contributed by atoms with van der Waals surface area (Å²) in [5.74, 6) is -0.300. The normalized spacial score (nSPS) is 10.6. The van der Waals surface area contributed by atoms with E-state index in [0.29, 0.717) is 5.82 Å². The number of rotatable bonds is 4. The van der Waals surface area contributed by atoms with Crippen LogP contribution in [0.25, 0.3) is 21.9 Å². The highest BCUT2D eigenvalue weighted by Gasteiger charge is 2.13. The minimum atomic E-state index is -0.907. The van der Waals surface area contributed by atoms with Crippen LogP contribution in [-0.4, -0.2) is 22.6 Å². The van der Waals surface area contributed by atoms with E-state index in [1.165, 1.54) is 0 Å². The standard InChI is InChI=1S/C18H16N2O2/c1-12-17(13-7-3-2-4-8-13)14-9-5-6-10-15(14)18(20-12)19-11-16(21)22/h2-10H,11H2,1H3,(H,19,20)(H,21,22). The van der Waals surface area contributed by atoms with Gasteiger partial charge in [0.1, 0.15) is 12.4 Å². The van der Waals surface area contributed by atoms with Crippen LogP contribution < -0.4 is 5.32 Å². The van der Waals surface area contributed by atoms with Gasteiger partial charge in [0.2, 0.25) is 0 Å². The van der Waals surface area contributed by atoms with E-state index in [9.17, 15) is 4.79 Å². The van der Waals surface area contributed by atoms with Crippen molar-refractivity contribution in [2.45, 2.75) is 6.92 Å². The molecule has 4 nitrogen and oxygen atoms in total. The van der Waals surface area contributed by atoms with Gasteiger partial charge in [0.05, 0.1) is 0 Å². The summed E-state index contributed by atoms with van der Waals surface area (Å²) in [6.45, 7) is 1.79. The number of hydrogen-bond acceptors (Lipinski definition) is 3. The van der Waals surface area contributed by atoms with Crippen molar-refractivity contribution in [1.29, 1.82) is 0 Å². The Morgan fingerprint density at radius 2 is 1.68 bits per heavy atom. The molecule has 0 fully saturated rings. The van der Waals surface area contributed by atoms with E-state index in [0.717, 1.165) is 27.6 Å². The lowest BCUT2D eigenvalue weighted by Crippen LogP contribution is -2.14. The van der Waals surface area contributed by atoms with Crippen LogP contribution in [0, 0.1) is 6.92 Å². The molecule has 110 valence electrons. The van der Waals surface area contributed by atoms with E-state index in [-0.39, 0.29) is 6.54 Å². The molecule has 1 aromatic heterocycles. The van der Waals surface area contributed by atoms with E-state index >= 15 is 0 Å². The number of anilines is 1. The molecule has 2 aromatic carbocycles. The first-order chi connectivity index (χ1) is 10.7. The first kappa shape index (κ1) is 14.1. The molecule has 0 saturated heterocycles. The number of carboxylic acid groups (broad SMARTS) is 1. The fourth-order valence-electron chi connectivity index (χ4n) is 2.65. The molecule has 3 aromatic rings. The van der Waals surface area contributed by atoms with Crippen molar-refractivity contribution >= 4 is 22.6 Å². The smallest absolute Gasteiger partial charge is 0.322 e. The fraction of sp³-hybridized carbons (Fsp3) is 0.111. The average Bonchev–Trinajstić information content (AvgIpc) is 2.53. The van der Waals surface area contributed by atoms with Crippen LogP contribution >= 0.6 is 0 Å². The molecule has 0 aliphatic rings. The summed E-state index contributed by atoms with van der Waals surface area (Å²) < 4.78 is 0. The molecule has 0 atom stereocenters. The maximum absolute atomic E-state index is 10.8. The fourth-order valence-corrected chi connectivity index (χ4v) is 2.65. The van der Waals surface area contributed by atoms with Crippen molar-refractivity contribution in [3.8, 4) is 11.1 Å². The number of carboxylic acids is 1. The first-order valence-electron chi connectivity index (χ1n) is 7.07. The molecule has 0 aliphatic heterocycles. The Hall–Kier alpha value is -2.88. The highest BCUT2D eigenvalue weighted by Crippen LogP contribution is 2.34. The number of hydrogen-bond donors (Lipinski definition) is 2. The summed E-state index contributed by atoms with van der Waals surface area (Å²) in [6.07, 6.45) is 0. The summed E-state index contributed by atoms with van der Waals surface area (Å²) in [7, 11) is 0. The summed E-state index contributed by atoms with van der Waals surface area (Å²) in [6, 6.07) is 18.0. The quantitative estimate of drug-likeness (QED) is 0.769. The van der Waals surface area contributed by atoms with Crippen molar-refractivity contribution in [2.75, 3.05) is 11.9 Å². The maximum atomic E-state index is 10.8. The zero-order chi connectivity index (χ0) is 15.5. The second-order valence-corrected chi connectivity index (χ2v) is 5.08. The minimum absolute atomic E-state index is 0.152. The Labute approximate surface area is 128 Å². The number of nitrogens with one attached hydrogen (secondary N) is 1. The Balaban J connectivity index is 2.21. The van der Waals surface area contributed by atoms with Crippen LogP contribution in [0.1, 0.15) is 5.69 Å². The Morgan fingerprint density at radius 3 is 2.36 bits per heavy atom. The summed E-state index contributed by atoms with van der Waals surface area (Å²) in [4.78, 5) is 15.4. The van der Waals surface area contributed by atoms with Crippen LogP contribution in [0.5, 0.6) is 0 Å². The van der Waals surface area contributed by atoms with Crippen LogP contribution in [0.4, 0.5) is 5.82 Å². The minimum Gasteiger partial charge on any atom is -0.480 e. The summed E-state index contributed by atoms with van der Waals surface area (Å²) in [5.41, 5.74) is 3.06. The van der Waals surface area contributed by atoms with Gasteiger partial charge in [-0.05, 0) is 17.9 Å². The predicted molar refractivity (Wildman–Crippen MR) is 88.0 cm³/mol. The van der Waals surface area contributed by atoms with Gasteiger partial charge in [-0.2, -0.15) is 0 Å². The molecular weight excluding hydrogens is 276 g/mol. The van der Waals surface area contributed by atoms with Crippen LogP contribution in [-0.2, 0) is 4.79 Å². The molecular formula is C18H16N2O2. The highest BCUT2D eigenvalue weighted by molar-refractivity contribution is 6.03. The van der Waals surface area contributed by atoms with E-state index < -0.39 is 5.97 Å². The van der Waals surface area contributed by atoms with Gasteiger partial charge in [0, 0.05) is 16.6 Å². The number of benzene rings is 2. The molecule has 4 heteroatoms. The third kappa shape index (κ3) is 2.63. The molecule has 0 aliphatic carbocycles. The zero-order valence-electron chi connectivity index (χ0n) is 12.2. The third-order valence-electron chi connectivity index (χ3n) is 3.56. The molecule has 0 spiro atoms. The Bertz CT molecular complexity index is 829. The number of nitrogens with zero attached hydrogens (tertiary/aromatic N) is 1. The molecule has 0 saturated carbocycles. The first-order valence-corrected chi connectivity index (χ1v) is 7.07. The zero-order valence-corrected chi connectivity index (χ0v) is 12.2. The summed E-state index contributed by atoms with van der Waals surface area (Å²) >= 11 is 0. The van der Waals surface area contributed by atoms with Gasteiger partial charge in [-0.3, -0.25) is 4.79 Å². The van der Waals surface area contributed by atoms with Crippen molar-refractivity contribution < 1.29 is 9.90 Å². The molecule has 2 N–H and O–H groups in total. The number of pyridine rings is 1. The van der Waals surface area contributed by atoms with Crippen LogP contribution in [0.2, 0.25) is 0 Å². The molecule has 0 unspecified atom stereocenters. The van der Waals surface area contributed by atoms with Gasteiger partial charge < -0.3 is 10.4 Å². The highest BCUT2D eigenvalue weighted by atomic mass is 16.4. The Morgan fingerprint density at radius 1 is 1.05 bits per heavy atom. The lowest BCUT2D eigenvalue weighted by molar-refractivity contribution is -0.134. The van der Waals surface area contributed by atoms with Crippen molar-refractivity contribution in [3.05, 3.63) is 60.3 Å². The van der Waals surface area contributed by atoms with Gasteiger partial charge in [-0.15, -0.1) is 0 Å². The molecule has 0 radical (unpaired) electrons. The van der Waals surface area contributed by atoms with Gasteiger partial charge in [-0.25, -0.2) is 4.98 Å². The Kier molecular flexibility index (Phi) is 3.74. The topological polar surface area (TPSA) is 62.2 Å². The molecule has 0 bridgehead atoms.